The highest BCUT2D eigenvalue weighted by Crippen LogP contribution is 2.27. The van der Waals surface area contributed by atoms with Crippen molar-refractivity contribution in [1.82, 2.24) is 9.55 Å². The van der Waals surface area contributed by atoms with Crippen LogP contribution in [0.4, 0.5) is 15.8 Å². The van der Waals surface area contributed by atoms with E-state index in [2.05, 4.69) is 4.98 Å². The number of anilines is 2. The summed E-state index contributed by atoms with van der Waals surface area (Å²) < 4.78 is 39.2. The number of aromatic nitrogens is 2. The molecular weight excluding hydrogens is 441 g/mol. The number of rotatable bonds is 6. The zero-order chi connectivity index (χ0) is 23.8. The van der Waals surface area contributed by atoms with Crippen molar-refractivity contribution >= 4 is 32.1 Å². The average molecular weight is 466 g/mol. The molecule has 33 heavy (non-hydrogen) atoms. The number of nitrogens with zero attached hydrogens (tertiary/aromatic N) is 3. The molecule has 0 radical (unpaired) electrons. The van der Waals surface area contributed by atoms with Gasteiger partial charge in [-0.1, -0.05) is 30.3 Å². The van der Waals surface area contributed by atoms with E-state index in [0.717, 1.165) is 17.6 Å². The zero-order valence-electron chi connectivity index (χ0n) is 18.6. The highest BCUT2D eigenvalue weighted by atomic mass is 32.2. The number of hydrogen-bond acceptors (Lipinski definition) is 5. The molecule has 0 aliphatic rings. The van der Waals surface area contributed by atoms with Gasteiger partial charge in [-0.3, -0.25) is 9.36 Å². The molecule has 0 amide bonds. The molecule has 0 saturated heterocycles. The van der Waals surface area contributed by atoms with Crippen molar-refractivity contribution in [2.75, 3.05) is 24.0 Å². The molecule has 1 unspecified atom stereocenters. The van der Waals surface area contributed by atoms with Gasteiger partial charge in [0.05, 0.1) is 22.7 Å². The summed E-state index contributed by atoms with van der Waals surface area (Å²) in [5.41, 5.74) is 2.41. The molecule has 170 valence electrons. The summed E-state index contributed by atoms with van der Waals surface area (Å²) in [5, 5.41) is 0.376. The van der Waals surface area contributed by atoms with E-state index in [9.17, 15) is 17.6 Å². The Hall–Kier alpha value is -3.52. The molecule has 1 atom stereocenters. The van der Waals surface area contributed by atoms with E-state index in [1.54, 1.807) is 31.2 Å². The number of halogens is 1. The fourth-order valence-corrected chi connectivity index (χ4v) is 4.88. The lowest BCUT2D eigenvalue weighted by atomic mass is 10.1. The predicted octanol–water partition coefficient (Wildman–Crippen LogP) is 4.25. The molecule has 0 N–H and O–H groups in total. The summed E-state index contributed by atoms with van der Waals surface area (Å²) >= 11 is 0. The zero-order valence-corrected chi connectivity index (χ0v) is 19.4. The standard InChI is InChI=1S/C25H24FN3O3S/c1-17-27-23-14-13-21(28(2)20-11-9-19(26)10-12-20)15-22(23)25(30)29(17)24(16-33(3,31)32)18-7-5-4-6-8-18/h4-15,24H,16H2,1-3H3. The number of fused-ring (bicyclic) bond motifs is 1. The molecule has 3 aromatic carbocycles. The minimum absolute atomic E-state index is 0.222. The van der Waals surface area contributed by atoms with Crippen LogP contribution in [0.5, 0.6) is 0 Å². The molecule has 1 aromatic heterocycles. The number of sulfone groups is 1. The van der Waals surface area contributed by atoms with Crippen LogP contribution in [-0.2, 0) is 9.84 Å². The summed E-state index contributed by atoms with van der Waals surface area (Å²) in [4.78, 5) is 20.1. The first kappa shape index (κ1) is 22.7. The Balaban J connectivity index is 1.88. The Kier molecular flexibility index (Phi) is 6.03. The van der Waals surface area contributed by atoms with Crippen molar-refractivity contribution in [3.05, 3.63) is 100 Å². The van der Waals surface area contributed by atoms with Crippen molar-refractivity contribution < 1.29 is 12.8 Å². The molecule has 0 fully saturated rings. The van der Waals surface area contributed by atoms with Gasteiger partial charge >= 0.3 is 0 Å². The molecule has 6 nitrogen and oxygen atoms in total. The SMILES string of the molecule is Cc1nc2ccc(N(C)c3ccc(F)cc3)cc2c(=O)n1C(CS(C)(=O)=O)c1ccccc1. The molecule has 0 saturated carbocycles. The number of aryl methyl sites for hydroxylation is 1. The highest BCUT2D eigenvalue weighted by molar-refractivity contribution is 7.90. The molecular formula is C25H24FN3O3S. The van der Waals surface area contributed by atoms with Gasteiger partial charge in [0.15, 0.2) is 0 Å². The second kappa shape index (κ2) is 8.78. The van der Waals surface area contributed by atoms with Crippen LogP contribution in [0.2, 0.25) is 0 Å². The maximum absolute atomic E-state index is 13.7. The van der Waals surface area contributed by atoms with E-state index < -0.39 is 15.9 Å². The third-order valence-electron chi connectivity index (χ3n) is 5.62. The van der Waals surface area contributed by atoms with Crippen molar-refractivity contribution in [2.45, 2.75) is 13.0 Å². The van der Waals surface area contributed by atoms with Crippen molar-refractivity contribution in [2.24, 2.45) is 0 Å². The van der Waals surface area contributed by atoms with Crippen LogP contribution in [0.1, 0.15) is 17.4 Å². The Bertz CT molecular complexity index is 1470. The Labute approximate surface area is 191 Å². The first-order chi connectivity index (χ1) is 15.6. The minimum atomic E-state index is -3.39. The Morgan fingerprint density at radius 3 is 2.27 bits per heavy atom. The second-order valence-corrected chi connectivity index (χ2v) is 10.3. The van der Waals surface area contributed by atoms with Crippen LogP contribution in [0.25, 0.3) is 10.9 Å². The molecule has 4 aromatic rings. The van der Waals surface area contributed by atoms with E-state index >= 15 is 0 Å². The molecule has 0 aliphatic heterocycles. The van der Waals surface area contributed by atoms with Crippen molar-refractivity contribution in [1.29, 1.82) is 0 Å². The summed E-state index contributed by atoms with van der Waals surface area (Å²) in [6, 6.07) is 19.8. The van der Waals surface area contributed by atoms with Crippen molar-refractivity contribution in [3.63, 3.8) is 0 Å². The fraction of sp³-hybridized carbons (Fsp3) is 0.200. The van der Waals surface area contributed by atoms with Gasteiger partial charge in [0.2, 0.25) is 0 Å². The monoisotopic (exact) mass is 465 g/mol. The van der Waals surface area contributed by atoms with Gasteiger partial charge in [-0.15, -0.1) is 0 Å². The van der Waals surface area contributed by atoms with Gasteiger partial charge in [0, 0.05) is 24.7 Å². The van der Waals surface area contributed by atoms with Crippen LogP contribution < -0.4 is 10.5 Å². The van der Waals surface area contributed by atoms with E-state index in [4.69, 9.17) is 0 Å². The van der Waals surface area contributed by atoms with Gasteiger partial charge in [-0.2, -0.15) is 0 Å². The predicted molar refractivity (Wildman–Crippen MR) is 129 cm³/mol. The summed E-state index contributed by atoms with van der Waals surface area (Å²) in [5.74, 6) is -0.115. The Morgan fingerprint density at radius 2 is 1.64 bits per heavy atom. The normalized spacial score (nSPS) is 12.6. The maximum atomic E-state index is 13.7. The highest BCUT2D eigenvalue weighted by Gasteiger charge is 2.23. The molecule has 8 heteroatoms. The van der Waals surface area contributed by atoms with Gasteiger partial charge in [0.25, 0.3) is 5.56 Å². The van der Waals surface area contributed by atoms with Crippen LogP contribution in [0.3, 0.4) is 0 Å². The lowest BCUT2D eigenvalue weighted by molar-refractivity contribution is 0.558. The van der Waals surface area contributed by atoms with E-state index in [1.807, 2.05) is 48.3 Å². The van der Waals surface area contributed by atoms with E-state index in [0.29, 0.717) is 22.3 Å². The molecule has 0 bridgehead atoms. The summed E-state index contributed by atoms with van der Waals surface area (Å²) in [7, 11) is -1.57. The third kappa shape index (κ3) is 4.80. The van der Waals surface area contributed by atoms with Crippen molar-refractivity contribution in [3.8, 4) is 0 Å². The first-order valence-electron chi connectivity index (χ1n) is 10.4. The number of benzene rings is 3. The maximum Gasteiger partial charge on any atom is 0.262 e. The average Bonchev–Trinajstić information content (AvgIpc) is 2.78. The van der Waals surface area contributed by atoms with Crippen LogP contribution in [0.15, 0.2) is 77.6 Å². The van der Waals surface area contributed by atoms with E-state index in [-0.39, 0.29) is 17.1 Å². The lowest BCUT2D eigenvalue weighted by Gasteiger charge is -2.23. The lowest BCUT2D eigenvalue weighted by Crippen LogP contribution is -2.32. The molecule has 4 rings (SSSR count). The summed E-state index contributed by atoms with van der Waals surface area (Å²) in [6.45, 7) is 1.71. The second-order valence-electron chi connectivity index (χ2n) is 8.09. The Morgan fingerprint density at radius 1 is 1.00 bits per heavy atom. The minimum Gasteiger partial charge on any atom is -0.345 e. The summed E-state index contributed by atoms with van der Waals surface area (Å²) in [6.07, 6.45) is 1.16. The fourth-order valence-electron chi connectivity index (χ4n) is 3.97. The quantitative estimate of drug-likeness (QED) is 0.426. The third-order valence-corrected chi connectivity index (χ3v) is 6.54. The van der Waals surface area contributed by atoms with Gasteiger partial charge in [-0.05, 0) is 55.0 Å². The first-order valence-corrected chi connectivity index (χ1v) is 12.4. The largest absolute Gasteiger partial charge is 0.345 e. The topological polar surface area (TPSA) is 72.3 Å². The molecule has 0 spiro atoms. The van der Waals surface area contributed by atoms with Gasteiger partial charge in [0.1, 0.15) is 21.5 Å². The van der Waals surface area contributed by atoms with Gasteiger partial charge < -0.3 is 4.90 Å². The number of hydrogen-bond donors (Lipinski definition) is 0. The van der Waals surface area contributed by atoms with Crippen LogP contribution in [0, 0.1) is 12.7 Å². The van der Waals surface area contributed by atoms with Crippen LogP contribution in [-0.4, -0.2) is 37.0 Å². The van der Waals surface area contributed by atoms with Crippen LogP contribution >= 0.6 is 0 Å². The smallest absolute Gasteiger partial charge is 0.262 e. The molecule has 0 aliphatic carbocycles. The van der Waals surface area contributed by atoms with Gasteiger partial charge in [-0.25, -0.2) is 17.8 Å². The van der Waals surface area contributed by atoms with E-state index in [1.165, 1.54) is 16.7 Å². The molecule has 1 heterocycles.